The van der Waals surface area contributed by atoms with Crippen molar-refractivity contribution in [3.05, 3.63) is 77.1 Å². The average Bonchev–Trinajstić information content (AvgIpc) is 3.27. The van der Waals surface area contributed by atoms with E-state index in [4.69, 9.17) is 0 Å². The van der Waals surface area contributed by atoms with Crippen molar-refractivity contribution in [3.63, 3.8) is 0 Å². The molecule has 0 spiro atoms. The van der Waals surface area contributed by atoms with Gasteiger partial charge in [0, 0.05) is 27.7 Å². The number of aromatic nitrogens is 3. The number of benzene rings is 2. The molecule has 2 aromatic heterocycles. The summed E-state index contributed by atoms with van der Waals surface area (Å²) in [5, 5.41) is 12.1. The van der Waals surface area contributed by atoms with E-state index in [1.807, 2.05) is 62.4 Å². The Labute approximate surface area is 156 Å². The van der Waals surface area contributed by atoms with Gasteiger partial charge in [0.1, 0.15) is 5.69 Å². The van der Waals surface area contributed by atoms with E-state index in [-0.39, 0.29) is 5.91 Å². The molecule has 1 amide bonds. The second kappa shape index (κ2) is 6.92. The Hall–Kier alpha value is -3.67. The summed E-state index contributed by atoms with van der Waals surface area (Å²) < 4.78 is 0. The molecule has 0 bridgehead atoms. The molecule has 4 aromatic rings. The summed E-state index contributed by atoms with van der Waals surface area (Å²) in [7, 11) is 0. The standard InChI is InChI=1S/C21H19N5O/c1-13-7-9-15(10-8-13)19-11-20(25-24-19)21(27)26-22-12-17-14(2)23-18-6-4-3-5-16(17)18/h3-12,23H,1-2H3,(H,24,25)(H,26,27)/b22-12-. The Morgan fingerprint density at radius 1 is 1.11 bits per heavy atom. The zero-order valence-electron chi connectivity index (χ0n) is 15.1. The molecule has 0 saturated carbocycles. The minimum Gasteiger partial charge on any atom is -0.358 e. The smallest absolute Gasteiger partial charge is 0.289 e. The van der Waals surface area contributed by atoms with Crippen molar-refractivity contribution >= 4 is 23.0 Å². The summed E-state index contributed by atoms with van der Waals surface area (Å²) in [6.07, 6.45) is 1.66. The van der Waals surface area contributed by atoms with E-state index < -0.39 is 0 Å². The van der Waals surface area contributed by atoms with Gasteiger partial charge in [-0.05, 0) is 26.0 Å². The number of aromatic amines is 2. The van der Waals surface area contributed by atoms with Crippen LogP contribution in [0.5, 0.6) is 0 Å². The first-order valence-electron chi connectivity index (χ1n) is 8.65. The van der Waals surface area contributed by atoms with Crippen LogP contribution in [-0.2, 0) is 0 Å². The van der Waals surface area contributed by atoms with E-state index in [0.29, 0.717) is 5.69 Å². The first-order valence-corrected chi connectivity index (χ1v) is 8.65. The van der Waals surface area contributed by atoms with Crippen molar-refractivity contribution < 1.29 is 4.79 Å². The predicted octanol–water partition coefficient (Wildman–Crippen LogP) is 3.94. The number of rotatable bonds is 4. The van der Waals surface area contributed by atoms with Crippen molar-refractivity contribution in [3.8, 4) is 11.3 Å². The molecule has 2 heterocycles. The van der Waals surface area contributed by atoms with Crippen LogP contribution in [0.1, 0.15) is 27.3 Å². The minimum absolute atomic E-state index is 0.338. The molecule has 0 unspecified atom stereocenters. The van der Waals surface area contributed by atoms with Crippen LogP contribution in [0, 0.1) is 13.8 Å². The third kappa shape index (κ3) is 3.37. The van der Waals surface area contributed by atoms with Gasteiger partial charge in [-0.2, -0.15) is 10.2 Å². The highest BCUT2D eigenvalue weighted by Gasteiger charge is 2.11. The molecule has 0 aliphatic carbocycles. The average molecular weight is 357 g/mol. The fourth-order valence-electron chi connectivity index (χ4n) is 2.99. The maximum Gasteiger partial charge on any atom is 0.289 e. The second-order valence-corrected chi connectivity index (χ2v) is 6.44. The zero-order chi connectivity index (χ0) is 18.8. The number of para-hydroxylation sites is 1. The Balaban J connectivity index is 1.49. The number of carbonyl (C=O) groups is 1. The number of hydrogen-bond acceptors (Lipinski definition) is 3. The van der Waals surface area contributed by atoms with Crippen LogP contribution < -0.4 is 5.43 Å². The molecule has 3 N–H and O–H groups in total. The van der Waals surface area contributed by atoms with Gasteiger partial charge < -0.3 is 4.98 Å². The third-order valence-corrected chi connectivity index (χ3v) is 4.47. The van der Waals surface area contributed by atoms with Crippen LogP contribution >= 0.6 is 0 Å². The van der Waals surface area contributed by atoms with Gasteiger partial charge in [0.05, 0.1) is 11.9 Å². The topological polar surface area (TPSA) is 85.9 Å². The highest BCUT2D eigenvalue weighted by Crippen LogP contribution is 2.20. The predicted molar refractivity (Wildman–Crippen MR) is 107 cm³/mol. The summed E-state index contributed by atoms with van der Waals surface area (Å²) in [5.41, 5.74) is 8.75. The first kappa shape index (κ1) is 16.8. The largest absolute Gasteiger partial charge is 0.358 e. The van der Waals surface area contributed by atoms with E-state index in [1.54, 1.807) is 12.3 Å². The van der Waals surface area contributed by atoms with Crippen molar-refractivity contribution in [2.45, 2.75) is 13.8 Å². The maximum atomic E-state index is 12.3. The molecule has 4 rings (SSSR count). The minimum atomic E-state index is -0.338. The van der Waals surface area contributed by atoms with Gasteiger partial charge in [-0.3, -0.25) is 9.89 Å². The summed E-state index contributed by atoms with van der Waals surface area (Å²) >= 11 is 0. The number of H-pyrrole nitrogens is 2. The molecule has 0 atom stereocenters. The van der Waals surface area contributed by atoms with Gasteiger partial charge in [0.15, 0.2) is 0 Å². The summed E-state index contributed by atoms with van der Waals surface area (Å²) in [5.74, 6) is -0.338. The molecule has 2 aromatic carbocycles. The molecule has 134 valence electrons. The van der Waals surface area contributed by atoms with Gasteiger partial charge in [-0.15, -0.1) is 0 Å². The molecule has 6 nitrogen and oxygen atoms in total. The van der Waals surface area contributed by atoms with E-state index >= 15 is 0 Å². The summed E-state index contributed by atoms with van der Waals surface area (Å²) in [6.45, 7) is 4.01. The summed E-state index contributed by atoms with van der Waals surface area (Å²) in [6, 6.07) is 17.7. The van der Waals surface area contributed by atoms with Crippen molar-refractivity contribution in [2.75, 3.05) is 0 Å². The second-order valence-electron chi connectivity index (χ2n) is 6.44. The Morgan fingerprint density at radius 2 is 1.89 bits per heavy atom. The lowest BCUT2D eigenvalue weighted by atomic mass is 10.1. The summed E-state index contributed by atoms with van der Waals surface area (Å²) in [4.78, 5) is 15.6. The number of carbonyl (C=O) groups excluding carboxylic acids is 1. The molecule has 27 heavy (non-hydrogen) atoms. The number of hydrazone groups is 1. The van der Waals surface area contributed by atoms with Crippen LogP contribution in [0.4, 0.5) is 0 Å². The van der Waals surface area contributed by atoms with E-state index in [0.717, 1.165) is 33.4 Å². The van der Waals surface area contributed by atoms with E-state index in [1.165, 1.54) is 5.56 Å². The number of amides is 1. The van der Waals surface area contributed by atoms with E-state index in [2.05, 4.69) is 25.7 Å². The molecule has 6 heteroatoms. The van der Waals surface area contributed by atoms with Crippen molar-refractivity contribution in [1.82, 2.24) is 20.6 Å². The van der Waals surface area contributed by atoms with Crippen LogP contribution in [-0.4, -0.2) is 27.3 Å². The number of hydrogen-bond donors (Lipinski definition) is 3. The number of fused-ring (bicyclic) bond motifs is 1. The van der Waals surface area contributed by atoms with Crippen LogP contribution in [0.3, 0.4) is 0 Å². The Morgan fingerprint density at radius 3 is 2.70 bits per heavy atom. The van der Waals surface area contributed by atoms with Crippen molar-refractivity contribution in [1.29, 1.82) is 0 Å². The zero-order valence-corrected chi connectivity index (χ0v) is 15.1. The van der Waals surface area contributed by atoms with Crippen LogP contribution in [0.2, 0.25) is 0 Å². The molecule has 0 aliphatic rings. The van der Waals surface area contributed by atoms with Crippen LogP contribution in [0.25, 0.3) is 22.2 Å². The highest BCUT2D eigenvalue weighted by molar-refractivity contribution is 6.01. The lowest BCUT2D eigenvalue weighted by Gasteiger charge is -1.97. The van der Waals surface area contributed by atoms with Gasteiger partial charge in [-0.1, -0.05) is 48.0 Å². The highest BCUT2D eigenvalue weighted by atomic mass is 16.2. The SMILES string of the molecule is Cc1ccc(-c2cc(C(=O)N/N=C\c3c(C)[nH]c4ccccc34)[nH]n2)cc1. The fourth-order valence-corrected chi connectivity index (χ4v) is 2.99. The van der Waals surface area contributed by atoms with Gasteiger partial charge in [0.25, 0.3) is 5.91 Å². The number of nitrogens with one attached hydrogen (secondary N) is 3. The maximum absolute atomic E-state index is 12.3. The lowest BCUT2D eigenvalue weighted by Crippen LogP contribution is -2.18. The lowest BCUT2D eigenvalue weighted by molar-refractivity contribution is 0.0950. The quantitative estimate of drug-likeness (QED) is 0.382. The molecular formula is C21H19N5O. The molecule has 0 aliphatic heterocycles. The Bertz CT molecular complexity index is 1140. The van der Waals surface area contributed by atoms with Gasteiger partial charge in [-0.25, -0.2) is 5.43 Å². The van der Waals surface area contributed by atoms with Crippen molar-refractivity contribution in [2.24, 2.45) is 5.10 Å². The number of nitrogens with zero attached hydrogens (tertiary/aromatic N) is 2. The van der Waals surface area contributed by atoms with Crippen LogP contribution in [0.15, 0.2) is 59.7 Å². The molecule has 0 fully saturated rings. The van der Waals surface area contributed by atoms with Gasteiger partial charge >= 0.3 is 0 Å². The van der Waals surface area contributed by atoms with Gasteiger partial charge in [0.2, 0.25) is 0 Å². The normalized spacial score (nSPS) is 11.3. The first-order chi connectivity index (χ1) is 13.1. The third-order valence-electron chi connectivity index (χ3n) is 4.47. The molecular weight excluding hydrogens is 338 g/mol. The Kier molecular flexibility index (Phi) is 4.30. The molecule has 0 radical (unpaired) electrons. The fraction of sp³-hybridized carbons (Fsp3) is 0.0952. The van der Waals surface area contributed by atoms with E-state index in [9.17, 15) is 4.79 Å². The molecule has 0 saturated heterocycles. The number of aryl methyl sites for hydroxylation is 2. The monoisotopic (exact) mass is 357 g/mol.